The van der Waals surface area contributed by atoms with Gasteiger partial charge in [-0.05, 0) is 24.3 Å². The van der Waals surface area contributed by atoms with E-state index in [1.165, 1.54) is 0 Å². The number of hydrogen-bond donors (Lipinski definition) is 1. The van der Waals surface area contributed by atoms with Crippen molar-refractivity contribution in [3.05, 3.63) is 42.8 Å². The van der Waals surface area contributed by atoms with E-state index >= 15 is 0 Å². The van der Waals surface area contributed by atoms with Crippen LogP contribution >= 0.6 is 0 Å². The van der Waals surface area contributed by atoms with Crippen molar-refractivity contribution in [2.75, 3.05) is 46.4 Å². The second-order valence-corrected chi connectivity index (χ2v) is 6.39. The Morgan fingerprint density at radius 1 is 1.26 bits per heavy atom. The summed E-state index contributed by atoms with van der Waals surface area (Å²) in [6, 6.07) is 7.55. The lowest BCUT2D eigenvalue weighted by Gasteiger charge is -2.33. The molecule has 1 aromatic heterocycles. The summed E-state index contributed by atoms with van der Waals surface area (Å²) in [5, 5.41) is 6.87. The molecule has 0 aliphatic carbocycles. The average molecular weight is 371 g/mol. The van der Waals surface area contributed by atoms with E-state index in [0.29, 0.717) is 31.3 Å². The Kier molecular flexibility index (Phi) is 6.56. The molecule has 8 heteroatoms. The number of carbonyl (C=O) groups is 1. The molecule has 1 amide bonds. The van der Waals surface area contributed by atoms with E-state index in [-0.39, 0.29) is 5.91 Å². The standard InChI is InChI=1S/C19H25N5O3/c1-3-8-20-17(25)13-23-9-11-24(12-10-23)14-18-21-19(22-27-18)15-4-6-16(26-2)7-5-15/h3-7H,1,8-14H2,2H3,(H,20,25). The van der Waals surface area contributed by atoms with E-state index in [1.54, 1.807) is 13.2 Å². The number of rotatable bonds is 8. The molecule has 0 unspecified atom stereocenters. The quantitative estimate of drug-likeness (QED) is 0.697. The molecule has 144 valence electrons. The van der Waals surface area contributed by atoms with Gasteiger partial charge in [-0.15, -0.1) is 6.58 Å². The maximum Gasteiger partial charge on any atom is 0.241 e. The largest absolute Gasteiger partial charge is 0.497 e. The van der Waals surface area contributed by atoms with Crippen LogP contribution in [0.15, 0.2) is 41.4 Å². The van der Waals surface area contributed by atoms with Crippen molar-refractivity contribution in [3.8, 4) is 17.1 Å². The summed E-state index contributed by atoms with van der Waals surface area (Å²) in [7, 11) is 1.63. The highest BCUT2D eigenvalue weighted by Gasteiger charge is 2.20. The van der Waals surface area contributed by atoms with Crippen molar-refractivity contribution in [3.63, 3.8) is 0 Å². The molecule has 2 heterocycles. The molecule has 1 N–H and O–H groups in total. The van der Waals surface area contributed by atoms with Crippen molar-refractivity contribution in [2.45, 2.75) is 6.54 Å². The van der Waals surface area contributed by atoms with Gasteiger partial charge < -0.3 is 14.6 Å². The second kappa shape index (κ2) is 9.29. The predicted molar refractivity (Wildman–Crippen MR) is 101 cm³/mol. The molecule has 0 radical (unpaired) electrons. The molecular weight excluding hydrogens is 346 g/mol. The Hall–Kier alpha value is -2.71. The molecule has 0 bridgehead atoms. The highest BCUT2D eigenvalue weighted by Crippen LogP contribution is 2.20. The molecule has 0 saturated carbocycles. The summed E-state index contributed by atoms with van der Waals surface area (Å²) < 4.78 is 10.6. The number of ether oxygens (including phenoxy) is 1. The van der Waals surface area contributed by atoms with Gasteiger partial charge >= 0.3 is 0 Å². The van der Waals surface area contributed by atoms with Gasteiger partial charge in [-0.1, -0.05) is 11.2 Å². The van der Waals surface area contributed by atoms with Crippen molar-refractivity contribution in [1.29, 1.82) is 0 Å². The fraction of sp³-hybridized carbons (Fsp3) is 0.421. The third-order valence-corrected chi connectivity index (χ3v) is 4.45. The van der Waals surface area contributed by atoms with Gasteiger partial charge in [-0.3, -0.25) is 14.6 Å². The van der Waals surface area contributed by atoms with Crippen LogP contribution in [0.1, 0.15) is 5.89 Å². The first-order chi connectivity index (χ1) is 13.2. The molecule has 3 rings (SSSR count). The number of piperazine rings is 1. The maximum absolute atomic E-state index is 11.8. The van der Waals surface area contributed by atoms with Gasteiger partial charge in [0.2, 0.25) is 17.6 Å². The Morgan fingerprint density at radius 2 is 1.96 bits per heavy atom. The van der Waals surface area contributed by atoms with Crippen LogP contribution in [0.25, 0.3) is 11.4 Å². The van der Waals surface area contributed by atoms with Gasteiger partial charge in [-0.25, -0.2) is 0 Å². The Labute approximate surface area is 158 Å². The highest BCUT2D eigenvalue weighted by atomic mass is 16.5. The van der Waals surface area contributed by atoms with Crippen molar-refractivity contribution in [2.24, 2.45) is 0 Å². The van der Waals surface area contributed by atoms with Crippen LogP contribution in [0.5, 0.6) is 5.75 Å². The van der Waals surface area contributed by atoms with Gasteiger partial charge in [0.05, 0.1) is 20.2 Å². The number of carbonyl (C=O) groups excluding carboxylic acids is 1. The number of hydrogen-bond acceptors (Lipinski definition) is 7. The Bertz CT molecular complexity index is 751. The molecule has 1 aliphatic rings. The minimum atomic E-state index is 0.0318. The van der Waals surface area contributed by atoms with Gasteiger partial charge in [0.25, 0.3) is 0 Å². The van der Waals surface area contributed by atoms with E-state index in [9.17, 15) is 4.79 Å². The summed E-state index contributed by atoms with van der Waals surface area (Å²) in [6.07, 6.45) is 1.68. The van der Waals surface area contributed by atoms with E-state index in [0.717, 1.165) is 37.5 Å². The number of methoxy groups -OCH3 is 1. The summed E-state index contributed by atoms with van der Waals surface area (Å²) in [4.78, 5) is 20.6. The van der Waals surface area contributed by atoms with E-state index in [2.05, 4.69) is 31.8 Å². The van der Waals surface area contributed by atoms with Gasteiger partial charge in [0, 0.05) is 38.3 Å². The number of amides is 1. The smallest absolute Gasteiger partial charge is 0.241 e. The molecule has 1 aliphatic heterocycles. The lowest BCUT2D eigenvalue weighted by atomic mass is 10.2. The molecular formula is C19H25N5O3. The zero-order valence-corrected chi connectivity index (χ0v) is 15.6. The van der Waals surface area contributed by atoms with E-state index < -0.39 is 0 Å². The zero-order valence-electron chi connectivity index (χ0n) is 15.6. The first-order valence-electron chi connectivity index (χ1n) is 8.97. The molecule has 2 aromatic rings. The number of nitrogens with one attached hydrogen (secondary N) is 1. The van der Waals surface area contributed by atoms with Crippen molar-refractivity contribution in [1.82, 2.24) is 25.3 Å². The topological polar surface area (TPSA) is 83.7 Å². The lowest BCUT2D eigenvalue weighted by Crippen LogP contribution is -2.49. The summed E-state index contributed by atoms with van der Waals surface area (Å²) in [5.41, 5.74) is 0.890. The predicted octanol–water partition coefficient (Wildman–Crippen LogP) is 1.16. The Morgan fingerprint density at radius 3 is 2.63 bits per heavy atom. The van der Waals surface area contributed by atoms with Crippen LogP contribution in [0.4, 0.5) is 0 Å². The summed E-state index contributed by atoms with van der Waals surface area (Å²) in [6.45, 7) is 8.52. The molecule has 0 spiro atoms. The Balaban J connectivity index is 1.47. The van der Waals surface area contributed by atoms with Crippen LogP contribution in [0, 0.1) is 0 Å². The van der Waals surface area contributed by atoms with Crippen LogP contribution < -0.4 is 10.1 Å². The summed E-state index contributed by atoms with van der Waals surface area (Å²) in [5.74, 6) is 1.99. The van der Waals surface area contributed by atoms with Crippen LogP contribution in [0.2, 0.25) is 0 Å². The third kappa shape index (κ3) is 5.38. The number of aromatic nitrogens is 2. The molecule has 0 atom stereocenters. The second-order valence-electron chi connectivity index (χ2n) is 6.39. The first-order valence-corrected chi connectivity index (χ1v) is 8.97. The highest BCUT2D eigenvalue weighted by molar-refractivity contribution is 5.78. The van der Waals surface area contributed by atoms with Crippen LogP contribution in [-0.2, 0) is 11.3 Å². The van der Waals surface area contributed by atoms with Crippen molar-refractivity contribution < 1.29 is 14.1 Å². The third-order valence-electron chi connectivity index (χ3n) is 4.45. The number of benzene rings is 1. The van der Waals surface area contributed by atoms with Gasteiger partial charge in [-0.2, -0.15) is 4.98 Å². The van der Waals surface area contributed by atoms with E-state index in [4.69, 9.17) is 9.26 Å². The summed E-state index contributed by atoms with van der Waals surface area (Å²) >= 11 is 0. The monoisotopic (exact) mass is 371 g/mol. The fourth-order valence-corrected chi connectivity index (χ4v) is 2.92. The minimum Gasteiger partial charge on any atom is -0.497 e. The normalized spacial score (nSPS) is 15.4. The van der Waals surface area contributed by atoms with E-state index in [1.807, 2.05) is 24.3 Å². The molecule has 27 heavy (non-hydrogen) atoms. The molecule has 8 nitrogen and oxygen atoms in total. The van der Waals surface area contributed by atoms with Gasteiger partial charge in [0.1, 0.15) is 5.75 Å². The molecule has 1 fully saturated rings. The van der Waals surface area contributed by atoms with Crippen molar-refractivity contribution >= 4 is 5.91 Å². The van der Waals surface area contributed by atoms with Crippen LogP contribution in [-0.4, -0.2) is 72.2 Å². The number of nitrogens with zero attached hydrogens (tertiary/aromatic N) is 4. The zero-order chi connectivity index (χ0) is 19.1. The van der Waals surface area contributed by atoms with Gasteiger partial charge in [0.15, 0.2) is 0 Å². The maximum atomic E-state index is 11.8. The lowest BCUT2D eigenvalue weighted by molar-refractivity contribution is -0.122. The fourth-order valence-electron chi connectivity index (χ4n) is 2.92. The van der Waals surface area contributed by atoms with Crippen LogP contribution in [0.3, 0.4) is 0 Å². The molecule has 1 saturated heterocycles. The average Bonchev–Trinajstić information content (AvgIpc) is 3.16. The minimum absolute atomic E-state index is 0.0318. The SMILES string of the molecule is C=CCNC(=O)CN1CCN(Cc2nc(-c3ccc(OC)cc3)no2)CC1. The first kappa shape index (κ1) is 19.1. The molecule has 1 aromatic carbocycles.